The minimum Gasteiger partial charge on any atom is -0.481 e. The lowest BCUT2D eigenvalue weighted by molar-refractivity contribution is -0.431. The van der Waals surface area contributed by atoms with Gasteiger partial charge in [0.15, 0.2) is 6.72 Å². The van der Waals surface area contributed by atoms with Gasteiger partial charge in [-0.2, -0.15) is 0 Å². The fraction of sp³-hybridized carbons (Fsp3) is 0.100. The number of hydrazone groups is 1. The van der Waals surface area contributed by atoms with E-state index in [4.69, 9.17) is 5.11 Å². The number of nitrogens with zero attached hydrogens (tertiary/aromatic N) is 2. The van der Waals surface area contributed by atoms with Gasteiger partial charge in [0, 0.05) is 11.2 Å². The molecule has 0 unspecified atom stereocenters. The Morgan fingerprint density at radius 1 is 1.50 bits per heavy atom. The topological polar surface area (TPSA) is 52.7 Å². The molecule has 0 saturated carbocycles. The summed E-state index contributed by atoms with van der Waals surface area (Å²) in [5.41, 5.74) is 2.26. The molecule has 14 heavy (non-hydrogen) atoms. The van der Waals surface area contributed by atoms with Crippen molar-refractivity contribution in [3.63, 3.8) is 0 Å². The third-order valence-corrected chi connectivity index (χ3v) is 2.05. The first-order valence-corrected chi connectivity index (χ1v) is 4.18. The molecule has 1 aromatic rings. The van der Waals surface area contributed by atoms with E-state index in [0.717, 1.165) is 11.3 Å². The van der Waals surface area contributed by atoms with Crippen LogP contribution in [0.3, 0.4) is 0 Å². The monoisotopic (exact) mass is 189 g/mol. The summed E-state index contributed by atoms with van der Waals surface area (Å²) < 4.78 is 1.45. The van der Waals surface area contributed by atoms with E-state index in [1.807, 2.05) is 24.3 Å². The van der Waals surface area contributed by atoms with Gasteiger partial charge in [0.2, 0.25) is 5.69 Å². The van der Waals surface area contributed by atoms with Crippen LogP contribution in [0, 0.1) is 0 Å². The van der Waals surface area contributed by atoms with Gasteiger partial charge in [-0.05, 0) is 6.07 Å². The zero-order valence-electron chi connectivity index (χ0n) is 7.47. The fourth-order valence-corrected chi connectivity index (χ4v) is 1.47. The van der Waals surface area contributed by atoms with E-state index in [1.54, 1.807) is 0 Å². The molecule has 0 aliphatic carbocycles. The van der Waals surface area contributed by atoms with E-state index in [0.29, 0.717) is 5.71 Å². The number of rotatable bonds is 2. The summed E-state index contributed by atoms with van der Waals surface area (Å²) >= 11 is 0. The molecule has 0 atom stereocenters. The number of aliphatic carboxylic acids is 1. The standard InChI is InChI=1S/C10H8N2O2/c1-12-9-5-3-2-4-7(9)8(11-12)6-10(13)14/h2-5H,1,6H2/p+1. The third-order valence-electron chi connectivity index (χ3n) is 2.05. The smallest absolute Gasteiger partial charge is 0.309 e. The number of benzene rings is 1. The molecule has 4 heteroatoms. The molecule has 1 aliphatic heterocycles. The number of hydrogen-bond donors (Lipinski definition) is 1. The van der Waals surface area contributed by atoms with E-state index in [2.05, 4.69) is 11.8 Å². The van der Waals surface area contributed by atoms with Crippen molar-refractivity contribution in [2.45, 2.75) is 6.42 Å². The average molecular weight is 189 g/mol. The largest absolute Gasteiger partial charge is 0.481 e. The minimum absolute atomic E-state index is 0.0664. The molecule has 2 rings (SSSR count). The SMILES string of the molecule is C=[N+]1N=C(CC(=O)O)c2ccccc21. The predicted molar refractivity (Wildman–Crippen MR) is 52.3 cm³/mol. The van der Waals surface area contributed by atoms with E-state index < -0.39 is 5.97 Å². The highest BCUT2D eigenvalue weighted by molar-refractivity contribution is 6.12. The van der Waals surface area contributed by atoms with Gasteiger partial charge in [-0.15, -0.1) is 0 Å². The van der Waals surface area contributed by atoms with Crippen LogP contribution in [0.5, 0.6) is 0 Å². The number of hydrogen-bond acceptors (Lipinski definition) is 2. The lowest BCUT2D eigenvalue weighted by Gasteiger charge is -1.92. The van der Waals surface area contributed by atoms with Crippen molar-refractivity contribution in [2.75, 3.05) is 0 Å². The second-order valence-electron chi connectivity index (χ2n) is 3.03. The Hall–Kier alpha value is -1.97. The fourth-order valence-electron chi connectivity index (χ4n) is 1.47. The summed E-state index contributed by atoms with van der Waals surface area (Å²) in [5, 5.41) is 12.7. The normalized spacial score (nSPS) is 13.7. The average Bonchev–Trinajstić information content (AvgIpc) is 2.44. The molecule has 0 fully saturated rings. The molecule has 70 valence electrons. The third kappa shape index (κ3) is 1.31. The number of carboxylic acids is 1. The highest BCUT2D eigenvalue weighted by Crippen LogP contribution is 2.26. The summed E-state index contributed by atoms with van der Waals surface area (Å²) in [6.45, 7) is 3.69. The maximum absolute atomic E-state index is 10.6. The van der Waals surface area contributed by atoms with Crippen LogP contribution in [0.4, 0.5) is 5.69 Å². The van der Waals surface area contributed by atoms with Crippen molar-refractivity contribution in [1.29, 1.82) is 0 Å². The van der Waals surface area contributed by atoms with Gasteiger partial charge in [-0.3, -0.25) is 4.79 Å². The predicted octanol–water partition coefficient (Wildman–Crippen LogP) is 1.22. The Morgan fingerprint density at radius 2 is 2.21 bits per heavy atom. The first-order chi connectivity index (χ1) is 6.68. The molecule has 0 bridgehead atoms. The van der Waals surface area contributed by atoms with Crippen LogP contribution in [-0.4, -0.2) is 28.2 Å². The van der Waals surface area contributed by atoms with Gasteiger partial charge in [0.1, 0.15) is 5.71 Å². The molecular formula is C10H9N2O2+. The van der Waals surface area contributed by atoms with Gasteiger partial charge in [0.05, 0.1) is 12.0 Å². The van der Waals surface area contributed by atoms with E-state index in [1.165, 1.54) is 4.68 Å². The summed E-state index contributed by atoms with van der Waals surface area (Å²) in [4.78, 5) is 10.6. The Balaban J connectivity index is 2.43. The molecule has 1 aromatic carbocycles. The van der Waals surface area contributed by atoms with Crippen LogP contribution < -0.4 is 0 Å². The molecule has 0 saturated heterocycles. The number of carbonyl (C=O) groups is 1. The lowest BCUT2D eigenvalue weighted by Crippen LogP contribution is -2.05. The molecular weight excluding hydrogens is 180 g/mol. The highest BCUT2D eigenvalue weighted by atomic mass is 16.4. The van der Waals surface area contributed by atoms with Gasteiger partial charge in [-0.25, -0.2) is 0 Å². The Kier molecular flexibility index (Phi) is 1.89. The molecule has 0 amide bonds. The van der Waals surface area contributed by atoms with E-state index in [-0.39, 0.29) is 6.42 Å². The van der Waals surface area contributed by atoms with Gasteiger partial charge in [-0.1, -0.05) is 16.8 Å². The highest BCUT2D eigenvalue weighted by Gasteiger charge is 2.27. The number of carboxylic acid groups (broad SMARTS) is 1. The number of fused-ring (bicyclic) bond motifs is 1. The Bertz CT molecular complexity index is 449. The van der Waals surface area contributed by atoms with Crippen LogP contribution in [0.25, 0.3) is 0 Å². The van der Waals surface area contributed by atoms with Crippen molar-refractivity contribution < 1.29 is 14.6 Å². The van der Waals surface area contributed by atoms with Crippen LogP contribution >= 0.6 is 0 Å². The molecule has 1 N–H and O–H groups in total. The second kappa shape index (κ2) is 3.06. The van der Waals surface area contributed by atoms with Crippen LogP contribution in [0.2, 0.25) is 0 Å². The summed E-state index contributed by atoms with van der Waals surface area (Å²) in [6, 6.07) is 7.44. The zero-order chi connectivity index (χ0) is 10.1. The Morgan fingerprint density at radius 3 is 2.93 bits per heavy atom. The maximum atomic E-state index is 10.6. The van der Waals surface area contributed by atoms with Crippen molar-refractivity contribution in [3.05, 3.63) is 29.8 Å². The molecule has 1 aliphatic rings. The lowest BCUT2D eigenvalue weighted by atomic mass is 10.1. The molecule has 0 radical (unpaired) electrons. The van der Waals surface area contributed by atoms with Crippen molar-refractivity contribution >= 4 is 24.1 Å². The second-order valence-corrected chi connectivity index (χ2v) is 3.03. The molecule has 4 nitrogen and oxygen atoms in total. The maximum Gasteiger partial charge on any atom is 0.309 e. The van der Waals surface area contributed by atoms with Gasteiger partial charge < -0.3 is 5.11 Å². The van der Waals surface area contributed by atoms with Gasteiger partial charge in [0.25, 0.3) is 0 Å². The summed E-state index contributed by atoms with van der Waals surface area (Å²) in [5.74, 6) is -0.881. The Labute approximate surface area is 80.8 Å². The first-order valence-electron chi connectivity index (χ1n) is 4.18. The molecule has 0 spiro atoms. The van der Waals surface area contributed by atoms with Crippen LogP contribution in [0.15, 0.2) is 29.4 Å². The van der Waals surface area contributed by atoms with Crippen LogP contribution in [0.1, 0.15) is 12.0 Å². The first kappa shape index (κ1) is 8.62. The summed E-state index contributed by atoms with van der Waals surface area (Å²) in [6.07, 6.45) is -0.0664. The van der Waals surface area contributed by atoms with Crippen molar-refractivity contribution in [2.24, 2.45) is 5.10 Å². The minimum atomic E-state index is -0.881. The quantitative estimate of drug-likeness (QED) is 0.711. The molecule has 0 aromatic heterocycles. The zero-order valence-corrected chi connectivity index (χ0v) is 7.47. The molecule has 1 heterocycles. The van der Waals surface area contributed by atoms with Gasteiger partial charge >= 0.3 is 5.97 Å². The number of para-hydroxylation sites is 1. The summed E-state index contributed by atoms with van der Waals surface area (Å²) in [7, 11) is 0. The van der Waals surface area contributed by atoms with Crippen molar-refractivity contribution in [1.82, 2.24) is 0 Å². The van der Waals surface area contributed by atoms with Crippen molar-refractivity contribution in [3.8, 4) is 0 Å². The van der Waals surface area contributed by atoms with E-state index in [9.17, 15) is 4.79 Å². The van der Waals surface area contributed by atoms with E-state index >= 15 is 0 Å². The van der Waals surface area contributed by atoms with Crippen LogP contribution in [-0.2, 0) is 4.79 Å².